The average Bonchev–Trinajstić information content (AvgIpc) is 2.81. The molecule has 2 heterocycles. The summed E-state index contributed by atoms with van der Waals surface area (Å²) in [6.07, 6.45) is 1.18. The normalized spacial score (nSPS) is 15.1. The van der Waals surface area contributed by atoms with Crippen molar-refractivity contribution < 1.29 is 14.3 Å². The molecular weight excluding hydrogens is 390 g/mol. The smallest absolute Gasteiger partial charge is 0.263 e. The first kappa shape index (κ1) is 21.0. The van der Waals surface area contributed by atoms with Crippen molar-refractivity contribution in [2.24, 2.45) is 0 Å². The number of aromatic nitrogens is 1. The van der Waals surface area contributed by atoms with E-state index in [2.05, 4.69) is 28.1 Å². The van der Waals surface area contributed by atoms with Crippen molar-refractivity contribution in [1.82, 2.24) is 9.88 Å². The molecular formula is C25H29N3O3. The average molecular weight is 420 g/mol. The van der Waals surface area contributed by atoms with Crippen molar-refractivity contribution >= 4 is 22.5 Å². The van der Waals surface area contributed by atoms with E-state index in [4.69, 9.17) is 9.47 Å². The number of carbonyl (C=O) groups excluding carboxylic acids is 1. The van der Waals surface area contributed by atoms with Crippen molar-refractivity contribution in [2.75, 3.05) is 38.2 Å². The Balaban J connectivity index is 1.44. The van der Waals surface area contributed by atoms with E-state index in [9.17, 15) is 4.79 Å². The molecule has 2 aromatic carbocycles. The molecule has 0 saturated carbocycles. The third-order valence-electron chi connectivity index (χ3n) is 5.93. The molecule has 6 nitrogen and oxygen atoms in total. The van der Waals surface area contributed by atoms with E-state index in [1.165, 1.54) is 0 Å². The van der Waals surface area contributed by atoms with Gasteiger partial charge in [0.2, 0.25) is 0 Å². The van der Waals surface area contributed by atoms with E-state index >= 15 is 0 Å². The van der Waals surface area contributed by atoms with Crippen LogP contribution in [0.2, 0.25) is 0 Å². The van der Waals surface area contributed by atoms with Crippen LogP contribution in [0, 0.1) is 13.8 Å². The molecule has 0 radical (unpaired) electrons. The lowest BCUT2D eigenvalue weighted by atomic mass is 10.0. The summed E-state index contributed by atoms with van der Waals surface area (Å²) in [4.78, 5) is 21.8. The van der Waals surface area contributed by atoms with Crippen molar-refractivity contribution in [3.8, 4) is 11.5 Å². The predicted molar refractivity (Wildman–Crippen MR) is 123 cm³/mol. The summed E-state index contributed by atoms with van der Waals surface area (Å²) in [5, 5.41) is 0.975. The van der Waals surface area contributed by atoms with E-state index in [1.807, 2.05) is 49.9 Å². The lowest BCUT2D eigenvalue weighted by Crippen LogP contribution is -2.52. The Bertz CT molecular complexity index is 1090. The minimum atomic E-state index is -0.566. The molecule has 1 aliphatic heterocycles. The molecule has 3 aromatic rings. The molecule has 0 aliphatic carbocycles. The molecule has 162 valence electrons. The molecule has 1 unspecified atom stereocenters. The van der Waals surface area contributed by atoms with Crippen LogP contribution in [0.5, 0.6) is 11.5 Å². The highest BCUT2D eigenvalue weighted by Crippen LogP contribution is 2.31. The number of anilines is 1. The summed E-state index contributed by atoms with van der Waals surface area (Å²) < 4.78 is 11.6. The third kappa shape index (κ3) is 4.15. The van der Waals surface area contributed by atoms with Crippen LogP contribution in [0.1, 0.15) is 18.1 Å². The SMILES string of the molecule is COc1ccccc1N1CCN(C(=O)C(C)Oc2ccnc3c(C)ccc(C)c23)CC1. The number of amides is 1. The van der Waals surface area contributed by atoms with Crippen LogP contribution < -0.4 is 14.4 Å². The number of hydrogen-bond donors (Lipinski definition) is 0. The first-order valence-electron chi connectivity index (χ1n) is 10.7. The van der Waals surface area contributed by atoms with E-state index < -0.39 is 6.10 Å². The van der Waals surface area contributed by atoms with Gasteiger partial charge in [-0.15, -0.1) is 0 Å². The maximum atomic E-state index is 13.1. The van der Waals surface area contributed by atoms with Gasteiger partial charge in [-0.05, 0) is 50.1 Å². The zero-order valence-electron chi connectivity index (χ0n) is 18.6. The van der Waals surface area contributed by atoms with E-state index in [0.717, 1.165) is 46.6 Å². The van der Waals surface area contributed by atoms with Gasteiger partial charge >= 0.3 is 0 Å². The molecule has 31 heavy (non-hydrogen) atoms. The highest BCUT2D eigenvalue weighted by molar-refractivity contribution is 5.91. The number of carbonyl (C=O) groups is 1. The Labute approximate surface area is 183 Å². The molecule has 0 N–H and O–H groups in total. The van der Waals surface area contributed by atoms with Crippen molar-refractivity contribution in [3.05, 3.63) is 59.8 Å². The molecule has 1 aliphatic rings. The van der Waals surface area contributed by atoms with Crippen molar-refractivity contribution in [2.45, 2.75) is 26.9 Å². The quantitative estimate of drug-likeness (QED) is 0.626. The Morgan fingerprint density at radius 3 is 2.42 bits per heavy atom. The highest BCUT2D eigenvalue weighted by atomic mass is 16.5. The summed E-state index contributed by atoms with van der Waals surface area (Å²) in [6.45, 7) is 8.73. The lowest BCUT2D eigenvalue weighted by molar-refractivity contribution is -0.138. The Morgan fingerprint density at radius 2 is 1.68 bits per heavy atom. The molecule has 6 heteroatoms. The zero-order valence-corrected chi connectivity index (χ0v) is 18.6. The fourth-order valence-electron chi connectivity index (χ4n) is 4.19. The number of ether oxygens (including phenoxy) is 2. The number of nitrogens with zero attached hydrogens (tertiary/aromatic N) is 3. The van der Waals surface area contributed by atoms with Gasteiger partial charge < -0.3 is 19.3 Å². The first-order valence-corrected chi connectivity index (χ1v) is 10.7. The summed E-state index contributed by atoms with van der Waals surface area (Å²) >= 11 is 0. The fraction of sp³-hybridized carbons (Fsp3) is 0.360. The number of aryl methyl sites for hydroxylation is 2. The number of methoxy groups -OCH3 is 1. The maximum Gasteiger partial charge on any atom is 0.263 e. The first-order chi connectivity index (χ1) is 15.0. The van der Waals surface area contributed by atoms with Crippen LogP contribution in [-0.4, -0.2) is 55.2 Å². The molecule has 1 saturated heterocycles. The molecule has 1 atom stereocenters. The van der Waals surface area contributed by atoms with Gasteiger partial charge in [0.05, 0.1) is 18.3 Å². The predicted octanol–water partition coefficient (Wildman–Crippen LogP) is 3.98. The van der Waals surface area contributed by atoms with Crippen molar-refractivity contribution in [3.63, 3.8) is 0 Å². The van der Waals surface area contributed by atoms with Crippen LogP contribution in [-0.2, 0) is 4.79 Å². The van der Waals surface area contributed by atoms with E-state index in [-0.39, 0.29) is 5.91 Å². The number of hydrogen-bond acceptors (Lipinski definition) is 5. The minimum Gasteiger partial charge on any atom is -0.495 e. The van der Waals surface area contributed by atoms with Gasteiger partial charge in [0.25, 0.3) is 5.91 Å². The Hall–Kier alpha value is -3.28. The zero-order chi connectivity index (χ0) is 22.0. The van der Waals surface area contributed by atoms with Gasteiger partial charge in [0.1, 0.15) is 11.5 Å². The molecule has 0 spiro atoms. The van der Waals surface area contributed by atoms with Gasteiger partial charge in [-0.25, -0.2) is 0 Å². The molecule has 1 aromatic heterocycles. The topological polar surface area (TPSA) is 54.9 Å². The molecule has 1 amide bonds. The Morgan fingerprint density at radius 1 is 0.968 bits per heavy atom. The van der Waals surface area contributed by atoms with E-state index in [0.29, 0.717) is 18.8 Å². The highest BCUT2D eigenvalue weighted by Gasteiger charge is 2.27. The fourth-order valence-corrected chi connectivity index (χ4v) is 4.19. The number of para-hydroxylation sites is 2. The summed E-state index contributed by atoms with van der Waals surface area (Å²) in [7, 11) is 1.68. The second kappa shape index (κ2) is 8.84. The lowest BCUT2D eigenvalue weighted by Gasteiger charge is -2.37. The largest absolute Gasteiger partial charge is 0.495 e. The summed E-state index contributed by atoms with van der Waals surface area (Å²) in [6, 6.07) is 14.0. The molecule has 1 fully saturated rings. The Kier molecular flexibility index (Phi) is 5.98. The number of fused-ring (bicyclic) bond motifs is 1. The monoisotopic (exact) mass is 419 g/mol. The maximum absolute atomic E-state index is 13.1. The summed E-state index contributed by atoms with van der Waals surface area (Å²) in [5.74, 6) is 1.57. The van der Waals surface area contributed by atoms with Gasteiger partial charge in [-0.2, -0.15) is 0 Å². The number of pyridine rings is 1. The van der Waals surface area contributed by atoms with Crippen LogP contribution in [0.3, 0.4) is 0 Å². The number of rotatable bonds is 5. The van der Waals surface area contributed by atoms with Gasteiger partial charge in [-0.1, -0.05) is 24.3 Å². The number of piperazine rings is 1. The number of benzene rings is 2. The van der Waals surface area contributed by atoms with Crippen LogP contribution in [0.15, 0.2) is 48.7 Å². The van der Waals surface area contributed by atoms with Crippen molar-refractivity contribution in [1.29, 1.82) is 0 Å². The molecule has 0 bridgehead atoms. The van der Waals surface area contributed by atoms with Crippen LogP contribution >= 0.6 is 0 Å². The van der Waals surface area contributed by atoms with Crippen LogP contribution in [0.4, 0.5) is 5.69 Å². The summed E-state index contributed by atoms with van der Waals surface area (Å²) in [5.41, 5.74) is 4.17. The molecule has 4 rings (SSSR count). The van der Waals surface area contributed by atoms with Crippen LogP contribution in [0.25, 0.3) is 10.9 Å². The second-order valence-corrected chi connectivity index (χ2v) is 7.98. The van der Waals surface area contributed by atoms with E-state index in [1.54, 1.807) is 13.3 Å². The minimum absolute atomic E-state index is 0.00921. The van der Waals surface area contributed by atoms with Gasteiger partial charge in [-0.3, -0.25) is 9.78 Å². The van der Waals surface area contributed by atoms with Gasteiger partial charge in [0, 0.05) is 37.8 Å². The standard InChI is InChI=1S/C25H29N3O3/c1-17-9-10-18(2)24-23(17)22(11-12-26-24)31-19(3)25(29)28-15-13-27(14-16-28)20-7-5-6-8-21(20)30-4/h5-12,19H,13-16H2,1-4H3. The second-order valence-electron chi connectivity index (χ2n) is 7.98. The third-order valence-corrected chi connectivity index (χ3v) is 5.93. The van der Waals surface area contributed by atoms with Gasteiger partial charge in [0.15, 0.2) is 6.10 Å².